The molecule has 0 aromatic heterocycles. The van der Waals surface area contributed by atoms with Crippen LogP contribution in [-0.4, -0.2) is 16.3 Å². The number of carbonyl (C=O) groups is 1. The summed E-state index contributed by atoms with van der Waals surface area (Å²) in [5, 5.41) is 0. The van der Waals surface area contributed by atoms with Crippen LogP contribution in [0.25, 0.3) is 0 Å². The second-order valence-corrected chi connectivity index (χ2v) is 5.25. The number of hydrogen-bond donors (Lipinski definition) is 0. The first kappa shape index (κ1) is 12.4. The maximum Gasteiger partial charge on any atom is 0.203 e. The second kappa shape index (κ2) is 4.09. The van der Waals surface area contributed by atoms with Gasteiger partial charge in [-0.15, -0.1) is 0 Å². The number of hydrogen-bond acceptors (Lipinski definition) is 2. The molecule has 13 heavy (non-hydrogen) atoms. The van der Waals surface area contributed by atoms with Gasteiger partial charge in [0.1, 0.15) is 0 Å². The third-order valence-corrected chi connectivity index (χ3v) is 3.12. The minimum Gasteiger partial charge on any atom is -0.558 e. The number of ketones is 1. The summed E-state index contributed by atoms with van der Waals surface area (Å²) in [6.07, 6.45) is 3.01. The van der Waals surface area contributed by atoms with Gasteiger partial charge in [-0.1, -0.05) is 34.6 Å². The van der Waals surface area contributed by atoms with E-state index >= 15 is 0 Å². The van der Waals surface area contributed by atoms with Crippen molar-refractivity contribution in [1.82, 2.24) is 0 Å². The molecular formula is C10H20O2Si. The zero-order valence-electron chi connectivity index (χ0n) is 9.47. The number of carbonyl (C=O) groups excluding carboxylic acids is 1. The quantitative estimate of drug-likeness (QED) is 0.391. The zero-order valence-corrected chi connectivity index (χ0v) is 11.5. The molecule has 0 aliphatic rings. The molecule has 76 valence electrons. The SMILES string of the molecule is CC(C)(C)C(C)(C)C(=O)C=CO[SiH3]. The molecule has 0 aromatic carbocycles. The first-order valence-corrected chi connectivity index (χ1v) is 5.29. The Balaban J connectivity index is 4.65. The molecule has 0 fully saturated rings. The summed E-state index contributed by atoms with van der Waals surface area (Å²) in [6.45, 7) is 10.1. The lowest BCUT2D eigenvalue weighted by atomic mass is 9.67. The summed E-state index contributed by atoms with van der Waals surface area (Å²) in [4.78, 5) is 11.7. The van der Waals surface area contributed by atoms with E-state index in [1.165, 1.54) is 12.3 Å². The van der Waals surface area contributed by atoms with Gasteiger partial charge >= 0.3 is 0 Å². The van der Waals surface area contributed by atoms with Crippen molar-refractivity contribution >= 4 is 16.3 Å². The Morgan fingerprint density at radius 2 is 1.69 bits per heavy atom. The van der Waals surface area contributed by atoms with Gasteiger partial charge in [-0.25, -0.2) is 0 Å². The van der Waals surface area contributed by atoms with Crippen molar-refractivity contribution in [1.29, 1.82) is 0 Å². The molecule has 0 saturated carbocycles. The zero-order chi connectivity index (χ0) is 10.7. The molecule has 0 atom stereocenters. The Hall–Kier alpha value is -0.573. The molecule has 0 aromatic rings. The predicted molar refractivity (Wildman–Crippen MR) is 58.4 cm³/mol. The summed E-state index contributed by atoms with van der Waals surface area (Å²) >= 11 is 0. The highest BCUT2D eigenvalue weighted by atomic mass is 28.2. The van der Waals surface area contributed by atoms with Crippen LogP contribution in [0.3, 0.4) is 0 Å². The van der Waals surface area contributed by atoms with Gasteiger partial charge in [0.15, 0.2) is 5.78 Å². The van der Waals surface area contributed by atoms with Gasteiger partial charge in [0.25, 0.3) is 0 Å². The first-order valence-electron chi connectivity index (χ1n) is 4.47. The van der Waals surface area contributed by atoms with Gasteiger partial charge in [0.05, 0.1) is 6.26 Å². The first-order chi connectivity index (χ1) is 5.73. The minimum absolute atomic E-state index is 0.0282. The smallest absolute Gasteiger partial charge is 0.203 e. The maximum absolute atomic E-state index is 11.7. The normalized spacial score (nSPS) is 13.6. The van der Waals surface area contributed by atoms with E-state index in [0.717, 1.165) is 0 Å². The van der Waals surface area contributed by atoms with E-state index in [2.05, 4.69) is 20.8 Å². The highest BCUT2D eigenvalue weighted by Gasteiger charge is 2.37. The highest BCUT2D eigenvalue weighted by molar-refractivity contribution is 5.99. The molecule has 0 spiro atoms. The van der Waals surface area contributed by atoms with Crippen LogP contribution in [0, 0.1) is 10.8 Å². The van der Waals surface area contributed by atoms with E-state index in [9.17, 15) is 4.79 Å². The molecule has 0 aliphatic carbocycles. The van der Waals surface area contributed by atoms with Crippen LogP contribution in [0.4, 0.5) is 0 Å². The van der Waals surface area contributed by atoms with Crippen molar-refractivity contribution in [3.05, 3.63) is 12.3 Å². The van der Waals surface area contributed by atoms with Gasteiger partial charge in [-0.3, -0.25) is 4.79 Å². The van der Waals surface area contributed by atoms with Crippen molar-refractivity contribution in [2.45, 2.75) is 34.6 Å². The molecule has 0 N–H and O–H groups in total. The third kappa shape index (κ3) is 2.99. The van der Waals surface area contributed by atoms with Crippen molar-refractivity contribution in [3.8, 4) is 0 Å². The van der Waals surface area contributed by atoms with E-state index in [1.807, 2.05) is 13.8 Å². The topological polar surface area (TPSA) is 26.3 Å². The van der Waals surface area contributed by atoms with Crippen LogP contribution >= 0.6 is 0 Å². The molecule has 3 heteroatoms. The Bertz CT molecular complexity index is 211. The summed E-state index contributed by atoms with van der Waals surface area (Å²) in [7, 11) is 0.632. The summed E-state index contributed by atoms with van der Waals surface area (Å²) in [6, 6.07) is 0. The van der Waals surface area contributed by atoms with E-state index in [1.54, 1.807) is 0 Å². The van der Waals surface area contributed by atoms with Gasteiger partial charge < -0.3 is 4.43 Å². The van der Waals surface area contributed by atoms with Gasteiger partial charge in [-0.2, -0.15) is 0 Å². The van der Waals surface area contributed by atoms with Crippen molar-refractivity contribution in [2.24, 2.45) is 10.8 Å². The van der Waals surface area contributed by atoms with Gasteiger partial charge in [0, 0.05) is 11.5 Å². The van der Waals surface area contributed by atoms with E-state index < -0.39 is 0 Å². The average molecular weight is 200 g/mol. The van der Waals surface area contributed by atoms with Crippen LogP contribution < -0.4 is 0 Å². The predicted octanol–water partition coefficient (Wildman–Crippen LogP) is 1.44. The standard InChI is InChI=1S/C10H20O2Si/c1-9(2,3)10(4,5)8(11)6-7-12-13/h6-7H,1-5,13H3. The Morgan fingerprint density at radius 1 is 1.23 bits per heavy atom. The minimum atomic E-state index is -0.344. The lowest BCUT2D eigenvalue weighted by molar-refractivity contribution is -0.127. The molecule has 0 amide bonds. The fourth-order valence-corrected chi connectivity index (χ4v) is 0.844. The lowest BCUT2D eigenvalue weighted by Crippen LogP contribution is -2.36. The van der Waals surface area contributed by atoms with E-state index in [4.69, 9.17) is 4.43 Å². The molecular weight excluding hydrogens is 180 g/mol. The lowest BCUT2D eigenvalue weighted by Gasteiger charge is -2.36. The number of allylic oxidation sites excluding steroid dienone is 1. The van der Waals surface area contributed by atoms with Gasteiger partial charge in [-0.05, 0) is 5.41 Å². The van der Waals surface area contributed by atoms with Crippen molar-refractivity contribution in [2.75, 3.05) is 0 Å². The Kier molecular flexibility index (Phi) is 3.91. The van der Waals surface area contributed by atoms with E-state index in [-0.39, 0.29) is 16.6 Å². The maximum atomic E-state index is 11.7. The molecule has 0 rings (SSSR count). The molecule has 0 bridgehead atoms. The Morgan fingerprint density at radius 3 is 2.00 bits per heavy atom. The summed E-state index contributed by atoms with van der Waals surface area (Å²) < 4.78 is 4.86. The second-order valence-electron chi connectivity index (χ2n) is 4.78. The monoisotopic (exact) mass is 200 g/mol. The fourth-order valence-electron chi connectivity index (χ4n) is 0.708. The Labute approximate surface area is 83.9 Å². The molecule has 2 nitrogen and oxygen atoms in total. The summed E-state index contributed by atoms with van der Waals surface area (Å²) in [5.41, 5.74) is -0.372. The third-order valence-electron chi connectivity index (χ3n) is 2.85. The number of rotatable bonds is 3. The average Bonchev–Trinajstić information content (AvgIpc) is 1.97. The molecule has 0 heterocycles. The van der Waals surface area contributed by atoms with Gasteiger partial charge in [0.2, 0.25) is 10.5 Å². The van der Waals surface area contributed by atoms with Crippen LogP contribution in [0.1, 0.15) is 34.6 Å². The van der Waals surface area contributed by atoms with Crippen LogP contribution in [-0.2, 0) is 9.22 Å². The van der Waals surface area contributed by atoms with Crippen LogP contribution in [0.5, 0.6) is 0 Å². The summed E-state index contributed by atoms with van der Waals surface area (Å²) in [5.74, 6) is 0.121. The van der Waals surface area contributed by atoms with Crippen LogP contribution in [0.2, 0.25) is 0 Å². The fraction of sp³-hybridized carbons (Fsp3) is 0.700. The molecule has 0 saturated heterocycles. The molecule has 0 aliphatic heterocycles. The van der Waals surface area contributed by atoms with Crippen LogP contribution in [0.15, 0.2) is 12.3 Å². The van der Waals surface area contributed by atoms with Crippen molar-refractivity contribution < 1.29 is 9.22 Å². The van der Waals surface area contributed by atoms with E-state index in [0.29, 0.717) is 10.5 Å². The van der Waals surface area contributed by atoms with Crippen molar-refractivity contribution in [3.63, 3.8) is 0 Å². The molecule has 0 radical (unpaired) electrons. The highest BCUT2D eigenvalue weighted by Crippen LogP contribution is 2.38. The molecule has 0 unspecified atom stereocenters. The largest absolute Gasteiger partial charge is 0.558 e.